The van der Waals surface area contributed by atoms with Crippen molar-refractivity contribution in [2.24, 2.45) is 10.7 Å². The number of hydrogen-bond donors (Lipinski definition) is 3. The number of aliphatic imine (C=N–C) groups is 1. The van der Waals surface area contributed by atoms with Crippen LogP contribution in [-0.2, 0) is 19.2 Å². The van der Waals surface area contributed by atoms with Crippen molar-refractivity contribution in [1.29, 1.82) is 0 Å². The topological polar surface area (TPSA) is 165 Å². The lowest BCUT2D eigenvalue weighted by atomic mass is 9.95. The predicted octanol–water partition coefficient (Wildman–Crippen LogP) is 2.74. The van der Waals surface area contributed by atoms with Crippen LogP contribution in [0.25, 0.3) is 10.8 Å². The SMILES string of the molecule is CC.CC.CC(=O)/C=C\C(N)=O.CCNC(=O)C=NC=O.O=C1NC(=O)c2cccc3cccc1c23. The number of carbonyl (C=O) groups is 6. The first-order valence-corrected chi connectivity index (χ1v) is 11.3. The third-order valence-corrected chi connectivity index (χ3v) is 3.71. The molecule has 0 radical (unpaired) electrons. The largest absolute Gasteiger partial charge is 0.366 e. The van der Waals surface area contributed by atoms with Crippen molar-refractivity contribution in [1.82, 2.24) is 10.6 Å². The average Bonchev–Trinajstić information content (AvgIpc) is 2.88. The molecule has 3 rings (SSSR count). The highest BCUT2D eigenvalue weighted by Gasteiger charge is 2.23. The summed E-state index contributed by atoms with van der Waals surface area (Å²) in [4.78, 5) is 66.0. The molecule has 0 saturated carbocycles. The molecule has 5 amide bonds. The Hall–Kier alpha value is -4.47. The zero-order chi connectivity index (χ0) is 28.1. The van der Waals surface area contributed by atoms with Crippen molar-refractivity contribution >= 4 is 52.8 Å². The van der Waals surface area contributed by atoms with Gasteiger partial charge in [0.2, 0.25) is 12.3 Å². The molecule has 0 atom stereocenters. The number of amides is 5. The Morgan fingerprint density at radius 1 is 0.944 bits per heavy atom. The molecule has 0 aromatic heterocycles. The standard InChI is InChI=1S/C12H7NO2.C5H8N2O2.C5H7NO2.2C2H6/c14-11-8-5-1-3-7-4-2-6-9(10(7)8)12(15)13-11;1-2-7-5(9)3-6-4-8;1-4(7)2-3-5(6)8;2*1-2/h1-6H,(H,13,14,15);3-4H,2H2,1H3,(H,7,9);2-3H,1H3,(H2,6,8);2*1-2H3/b;;3-2-;;. The molecular weight excluding hydrogens is 464 g/mol. The quantitative estimate of drug-likeness (QED) is 0.248. The summed E-state index contributed by atoms with van der Waals surface area (Å²) in [5.41, 5.74) is 5.81. The van der Waals surface area contributed by atoms with Crippen LogP contribution >= 0.6 is 0 Å². The molecule has 2 aromatic rings. The van der Waals surface area contributed by atoms with Crippen molar-refractivity contribution < 1.29 is 28.8 Å². The average molecular weight is 499 g/mol. The van der Waals surface area contributed by atoms with Gasteiger partial charge in [0.25, 0.3) is 17.7 Å². The van der Waals surface area contributed by atoms with Crippen LogP contribution in [0.5, 0.6) is 0 Å². The Kier molecular flexibility index (Phi) is 18.7. The van der Waals surface area contributed by atoms with Crippen LogP contribution < -0.4 is 16.4 Å². The molecule has 10 heteroatoms. The normalized spacial score (nSPS) is 10.7. The number of ketones is 1. The molecule has 194 valence electrons. The Morgan fingerprint density at radius 3 is 1.81 bits per heavy atom. The zero-order valence-electron chi connectivity index (χ0n) is 21.5. The Morgan fingerprint density at radius 2 is 1.44 bits per heavy atom. The maximum Gasteiger partial charge on any atom is 0.262 e. The molecule has 36 heavy (non-hydrogen) atoms. The summed E-state index contributed by atoms with van der Waals surface area (Å²) < 4.78 is 0. The van der Waals surface area contributed by atoms with Gasteiger partial charge in [-0.1, -0.05) is 52.0 Å². The number of hydrogen-bond acceptors (Lipinski definition) is 6. The second kappa shape index (κ2) is 20.0. The number of nitrogens with one attached hydrogen (secondary N) is 2. The van der Waals surface area contributed by atoms with Crippen LogP contribution in [0, 0.1) is 0 Å². The number of primary amides is 1. The molecule has 0 spiro atoms. The minimum Gasteiger partial charge on any atom is -0.366 e. The Bertz CT molecular complexity index is 1040. The van der Waals surface area contributed by atoms with Crippen LogP contribution in [0.3, 0.4) is 0 Å². The molecule has 0 aliphatic carbocycles. The van der Waals surface area contributed by atoms with E-state index in [9.17, 15) is 28.8 Å². The highest BCUT2D eigenvalue weighted by molar-refractivity contribution is 6.27. The first-order chi connectivity index (χ1) is 17.2. The predicted molar refractivity (Wildman–Crippen MR) is 141 cm³/mol. The third kappa shape index (κ3) is 12.7. The summed E-state index contributed by atoms with van der Waals surface area (Å²) in [6.07, 6.45) is 3.41. The van der Waals surface area contributed by atoms with E-state index in [0.29, 0.717) is 24.1 Å². The van der Waals surface area contributed by atoms with Crippen molar-refractivity contribution in [3.8, 4) is 0 Å². The van der Waals surface area contributed by atoms with Gasteiger partial charge in [-0.05, 0) is 37.4 Å². The molecule has 4 N–H and O–H groups in total. The molecule has 2 aromatic carbocycles. The highest BCUT2D eigenvalue weighted by atomic mass is 16.2. The number of nitrogens with zero attached hydrogens (tertiary/aromatic N) is 1. The van der Waals surface area contributed by atoms with Gasteiger partial charge in [0.1, 0.15) is 0 Å². The number of nitrogens with two attached hydrogens (primary N) is 1. The van der Waals surface area contributed by atoms with Gasteiger partial charge in [-0.25, -0.2) is 4.99 Å². The second-order valence-corrected chi connectivity index (χ2v) is 6.12. The smallest absolute Gasteiger partial charge is 0.262 e. The first-order valence-electron chi connectivity index (χ1n) is 11.3. The van der Waals surface area contributed by atoms with Crippen LogP contribution in [-0.4, -0.2) is 48.6 Å². The van der Waals surface area contributed by atoms with E-state index in [0.717, 1.165) is 29.1 Å². The van der Waals surface area contributed by atoms with Crippen molar-refractivity contribution in [3.63, 3.8) is 0 Å². The van der Waals surface area contributed by atoms with E-state index in [1.165, 1.54) is 6.92 Å². The highest BCUT2D eigenvalue weighted by Crippen LogP contribution is 2.25. The summed E-state index contributed by atoms with van der Waals surface area (Å²) in [7, 11) is 0. The third-order valence-electron chi connectivity index (χ3n) is 3.71. The Labute approximate surface area is 211 Å². The van der Waals surface area contributed by atoms with E-state index in [-0.39, 0.29) is 23.5 Å². The number of imide groups is 1. The molecular formula is C26H34N4O6. The van der Waals surface area contributed by atoms with E-state index in [1.54, 1.807) is 19.1 Å². The van der Waals surface area contributed by atoms with Crippen LogP contribution in [0.2, 0.25) is 0 Å². The fourth-order valence-electron chi connectivity index (χ4n) is 2.47. The van der Waals surface area contributed by atoms with Gasteiger partial charge in [0, 0.05) is 29.1 Å². The second-order valence-electron chi connectivity index (χ2n) is 6.12. The van der Waals surface area contributed by atoms with Crippen LogP contribution in [0.4, 0.5) is 0 Å². The number of rotatable bonds is 5. The lowest BCUT2D eigenvalue weighted by Crippen LogP contribution is -2.34. The van der Waals surface area contributed by atoms with Gasteiger partial charge in [-0.2, -0.15) is 0 Å². The lowest BCUT2D eigenvalue weighted by Gasteiger charge is -2.15. The molecule has 10 nitrogen and oxygen atoms in total. The fraction of sp³-hybridized carbons (Fsp3) is 0.269. The van der Waals surface area contributed by atoms with Crippen molar-refractivity contribution in [2.75, 3.05) is 6.54 Å². The fourth-order valence-corrected chi connectivity index (χ4v) is 2.47. The molecule has 1 aliphatic rings. The summed E-state index contributed by atoms with van der Waals surface area (Å²) in [5.74, 6) is -1.75. The molecule has 0 bridgehead atoms. The van der Waals surface area contributed by atoms with Gasteiger partial charge in [0.15, 0.2) is 5.78 Å². The number of carbonyl (C=O) groups excluding carboxylic acids is 6. The maximum absolute atomic E-state index is 11.6. The van der Waals surface area contributed by atoms with E-state index >= 15 is 0 Å². The minimum absolute atomic E-state index is 0.177. The van der Waals surface area contributed by atoms with E-state index < -0.39 is 5.91 Å². The number of allylic oxidation sites excluding steroid dienone is 1. The summed E-state index contributed by atoms with van der Waals surface area (Å²) in [5, 5.41) is 6.43. The Balaban J connectivity index is 0. The van der Waals surface area contributed by atoms with Crippen LogP contribution in [0.1, 0.15) is 62.3 Å². The van der Waals surface area contributed by atoms with Crippen molar-refractivity contribution in [2.45, 2.75) is 41.5 Å². The number of benzene rings is 2. The minimum atomic E-state index is -0.597. The van der Waals surface area contributed by atoms with Gasteiger partial charge < -0.3 is 11.1 Å². The zero-order valence-corrected chi connectivity index (χ0v) is 21.5. The van der Waals surface area contributed by atoms with E-state index in [1.807, 2.05) is 52.0 Å². The molecule has 0 fully saturated rings. The molecule has 0 saturated heterocycles. The lowest BCUT2D eigenvalue weighted by molar-refractivity contribution is -0.115. The van der Waals surface area contributed by atoms with Gasteiger partial charge >= 0.3 is 0 Å². The van der Waals surface area contributed by atoms with Crippen molar-refractivity contribution in [3.05, 3.63) is 59.7 Å². The van der Waals surface area contributed by atoms with Gasteiger partial charge in [-0.15, -0.1) is 0 Å². The summed E-state index contributed by atoms with van der Waals surface area (Å²) in [6, 6.07) is 10.9. The van der Waals surface area contributed by atoms with E-state index in [4.69, 9.17) is 0 Å². The first kappa shape index (κ1) is 33.7. The maximum atomic E-state index is 11.6. The monoisotopic (exact) mass is 498 g/mol. The van der Waals surface area contributed by atoms with E-state index in [2.05, 4.69) is 21.4 Å². The summed E-state index contributed by atoms with van der Waals surface area (Å²) in [6.45, 7) is 11.7. The molecule has 1 heterocycles. The van der Waals surface area contributed by atoms with Gasteiger partial charge in [0.05, 0.1) is 6.21 Å². The molecule has 1 aliphatic heterocycles. The molecule has 0 unspecified atom stereocenters. The van der Waals surface area contributed by atoms with Crippen LogP contribution in [0.15, 0.2) is 53.5 Å². The summed E-state index contributed by atoms with van der Waals surface area (Å²) >= 11 is 0. The van der Waals surface area contributed by atoms with Gasteiger partial charge in [-0.3, -0.25) is 34.1 Å².